The Hall–Kier alpha value is -0.120. The maximum Gasteiger partial charge on any atom is 0.0745 e. The van der Waals surface area contributed by atoms with Crippen LogP contribution in [0.15, 0.2) is 0 Å². The van der Waals surface area contributed by atoms with E-state index in [0.717, 1.165) is 0 Å². The Morgan fingerprint density at radius 1 is 1.75 bits per heavy atom. The average molecular weight is 119 g/mol. The molecular formula is C5H13NO2. The lowest BCUT2D eigenvalue weighted by atomic mass is 10.4. The minimum absolute atomic E-state index is 0.374. The molecule has 0 aliphatic heterocycles. The predicted octanol–water partition coefficient (Wildman–Crippen LogP) is -0.657. The van der Waals surface area contributed by atoms with Crippen molar-refractivity contribution < 1.29 is 9.84 Å². The summed E-state index contributed by atoms with van der Waals surface area (Å²) in [6.45, 7) is 3.12. The molecule has 1 atom stereocenters. The Balaban J connectivity index is 2.72. The van der Waals surface area contributed by atoms with Crippen LogP contribution in [0.2, 0.25) is 0 Å². The van der Waals surface area contributed by atoms with E-state index in [0.29, 0.717) is 19.8 Å². The van der Waals surface area contributed by atoms with E-state index in [-0.39, 0.29) is 6.10 Å². The second-order valence-electron chi connectivity index (χ2n) is 1.71. The molecule has 3 N–H and O–H groups in total. The molecule has 0 aromatic carbocycles. The summed E-state index contributed by atoms with van der Waals surface area (Å²) < 4.78 is 4.87. The van der Waals surface area contributed by atoms with Gasteiger partial charge >= 0.3 is 0 Å². The third-order valence-corrected chi connectivity index (χ3v) is 0.621. The van der Waals surface area contributed by atoms with Crippen LogP contribution in [0.4, 0.5) is 0 Å². The summed E-state index contributed by atoms with van der Waals surface area (Å²) in [5, 5.41) is 8.61. The molecule has 0 heterocycles. The fourth-order valence-corrected chi connectivity index (χ4v) is 0.337. The second-order valence-corrected chi connectivity index (χ2v) is 1.71. The highest BCUT2D eigenvalue weighted by atomic mass is 16.5. The highest BCUT2D eigenvalue weighted by Crippen LogP contribution is 1.79. The van der Waals surface area contributed by atoms with E-state index in [1.807, 2.05) is 0 Å². The minimum atomic E-state index is -0.374. The maximum absolute atomic E-state index is 8.61. The van der Waals surface area contributed by atoms with Crippen LogP contribution in [0.5, 0.6) is 0 Å². The van der Waals surface area contributed by atoms with Gasteiger partial charge < -0.3 is 15.6 Å². The van der Waals surface area contributed by atoms with Crippen LogP contribution in [-0.4, -0.2) is 31.0 Å². The van der Waals surface area contributed by atoms with Crippen molar-refractivity contribution in [2.45, 2.75) is 13.0 Å². The van der Waals surface area contributed by atoms with Crippen LogP contribution in [0.3, 0.4) is 0 Å². The standard InChI is InChI=1S/C5H13NO2/c1-5(7)4-8-3-2-6/h5,7H,2-4,6H2,1H3/t5-/m1/s1. The van der Waals surface area contributed by atoms with Crippen LogP contribution >= 0.6 is 0 Å². The number of aliphatic hydroxyl groups is 1. The van der Waals surface area contributed by atoms with Gasteiger partial charge in [0.2, 0.25) is 0 Å². The Kier molecular flexibility index (Phi) is 4.95. The lowest BCUT2D eigenvalue weighted by molar-refractivity contribution is 0.0500. The van der Waals surface area contributed by atoms with Gasteiger partial charge in [0.1, 0.15) is 0 Å². The molecule has 0 aliphatic carbocycles. The molecule has 0 aliphatic rings. The molecule has 0 spiro atoms. The van der Waals surface area contributed by atoms with Gasteiger partial charge in [-0.1, -0.05) is 0 Å². The second kappa shape index (κ2) is 5.03. The number of nitrogens with two attached hydrogens (primary N) is 1. The van der Waals surface area contributed by atoms with Gasteiger partial charge in [0, 0.05) is 6.54 Å². The van der Waals surface area contributed by atoms with Gasteiger partial charge in [0.15, 0.2) is 0 Å². The highest BCUT2D eigenvalue weighted by Gasteiger charge is 1.91. The van der Waals surface area contributed by atoms with Crippen molar-refractivity contribution in [2.75, 3.05) is 19.8 Å². The first-order valence-corrected chi connectivity index (χ1v) is 2.73. The molecule has 0 aromatic rings. The monoisotopic (exact) mass is 119 g/mol. The van der Waals surface area contributed by atoms with Gasteiger partial charge in [-0.3, -0.25) is 0 Å². The zero-order chi connectivity index (χ0) is 6.41. The molecule has 0 bridgehead atoms. The zero-order valence-corrected chi connectivity index (χ0v) is 5.13. The summed E-state index contributed by atoms with van der Waals surface area (Å²) >= 11 is 0. The Labute approximate surface area is 49.4 Å². The number of rotatable bonds is 4. The Morgan fingerprint density at radius 3 is 2.75 bits per heavy atom. The van der Waals surface area contributed by atoms with E-state index in [9.17, 15) is 0 Å². The number of hydrogen-bond donors (Lipinski definition) is 2. The quantitative estimate of drug-likeness (QED) is 0.483. The van der Waals surface area contributed by atoms with Crippen molar-refractivity contribution in [1.82, 2.24) is 0 Å². The largest absolute Gasteiger partial charge is 0.391 e. The summed E-state index contributed by atoms with van der Waals surface area (Å²) in [6.07, 6.45) is -0.374. The molecule has 50 valence electrons. The first-order chi connectivity index (χ1) is 3.77. The highest BCUT2D eigenvalue weighted by molar-refractivity contribution is 4.40. The molecule has 0 unspecified atom stereocenters. The van der Waals surface area contributed by atoms with Crippen molar-refractivity contribution in [3.05, 3.63) is 0 Å². The molecule has 0 saturated heterocycles. The third-order valence-electron chi connectivity index (χ3n) is 0.621. The van der Waals surface area contributed by atoms with Crippen molar-refractivity contribution in [2.24, 2.45) is 5.73 Å². The summed E-state index contributed by atoms with van der Waals surface area (Å²) in [5.74, 6) is 0. The van der Waals surface area contributed by atoms with E-state index in [2.05, 4.69) is 0 Å². The number of aliphatic hydroxyl groups excluding tert-OH is 1. The topological polar surface area (TPSA) is 55.5 Å². The smallest absolute Gasteiger partial charge is 0.0745 e. The Morgan fingerprint density at radius 2 is 2.38 bits per heavy atom. The number of hydrogen-bond acceptors (Lipinski definition) is 3. The maximum atomic E-state index is 8.61. The zero-order valence-electron chi connectivity index (χ0n) is 5.13. The summed E-state index contributed by atoms with van der Waals surface area (Å²) in [7, 11) is 0. The molecule has 0 amide bonds. The third kappa shape index (κ3) is 5.88. The van der Waals surface area contributed by atoms with Crippen molar-refractivity contribution in [1.29, 1.82) is 0 Å². The van der Waals surface area contributed by atoms with Gasteiger partial charge in [0.05, 0.1) is 19.3 Å². The molecule has 0 fully saturated rings. The SMILES string of the molecule is C[C@@H](O)COCCN. The molecule has 0 aromatic heterocycles. The van der Waals surface area contributed by atoms with Gasteiger partial charge in [0.25, 0.3) is 0 Å². The molecule has 3 heteroatoms. The minimum Gasteiger partial charge on any atom is -0.391 e. The van der Waals surface area contributed by atoms with E-state index < -0.39 is 0 Å². The lowest BCUT2D eigenvalue weighted by Gasteiger charge is -2.02. The van der Waals surface area contributed by atoms with E-state index in [4.69, 9.17) is 15.6 Å². The van der Waals surface area contributed by atoms with Crippen molar-refractivity contribution >= 4 is 0 Å². The van der Waals surface area contributed by atoms with Gasteiger partial charge in [-0.2, -0.15) is 0 Å². The molecule has 8 heavy (non-hydrogen) atoms. The lowest BCUT2D eigenvalue weighted by Crippen LogP contribution is -2.15. The normalized spacial score (nSPS) is 13.9. The van der Waals surface area contributed by atoms with Crippen molar-refractivity contribution in [3.8, 4) is 0 Å². The summed E-state index contributed by atoms with van der Waals surface area (Å²) in [6, 6.07) is 0. The van der Waals surface area contributed by atoms with E-state index in [1.165, 1.54) is 0 Å². The molecule has 0 rings (SSSR count). The Bertz CT molecular complexity index is 47.7. The average Bonchev–Trinajstić information content (AvgIpc) is 1.66. The van der Waals surface area contributed by atoms with Crippen LogP contribution in [0.1, 0.15) is 6.92 Å². The first kappa shape index (κ1) is 7.88. The molecule has 3 nitrogen and oxygen atoms in total. The van der Waals surface area contributed by atoms with E-state index in [1.54, 1.807) is 6.92 Å². The first-order valence-electron chi connectivity index (χ1n) is 2.73. The van der Waals surface area contributed by atoms with Crippen molar-refractivity contribution in [3.63, 3.8) is 0 Å². The molecule has 0 radical (unpaired) electrons. The molecular weight excluding hydrogens is 106 g/mol. The molecule has 0 saturated carbocycles. The van der Waals surface area contributed by atoms with Gasteiger partial charge in [-0.15, -0.1) is 0 Å². The van der Waals surface area contributed by atoms with E-state index >= 15 is 0 Å². The fraction of sp³-hybridized carbons (Fsp3) is 1.00. The van der Waals surface area contributed by atoms with Gasteiger partial charge in [-0.05, 0) is 6.92 Å². The number of ether oxygens (including phenoxy) is 1. The van der Waals surface area contributed by atoms with Gasteiger partial charge in [-0.25, -0.2) is 0 Å². The van der Waals surface area contributed by atoms with Crippen LogP contribution in [0, 0.1) is 0 Å². The van der Waals surface area contributed by atoms with Crippen LogP contribution < -0.4 is 5.73 Å². The summed E-state index contributed by atoms with van der Waals surface area (Å²) in [4.78, 5) is 0. The fourth-order valence-electron chi connectivity index (χ4n) is 0.337. The van der Waals surface area contributed by atoms with Crippen LogP contribution in [0.25, 0.3) is 0 Å². The predicted molar refractivity (Wildman–Crippen MR) is 31.6 cm³/mol. The van der Waals surface area contributed by atoms with Crippen LogP contribution in [-0.2, 0) is 4.74 Å². The summed E-state index contributed by atoms with van der Waals surface area (Å²) in [5.41, 5.74) is 5.11.